The van der Waals surface area contributed by atoms with Crippen LogP contribution in [0.25, 0.3) is 0 Å². The standard InChI is InChI=1S/C9H21O2Si/c1-6-7-8-9(2,3)12(10-4)11-5/h6-8H2,1-5H3. The van der Waals surface area contributed by atoms with Crippen molar-refractivity contribution in [1.29, 1.82) is 0 Å². The topological polar surface area (TPSA) is 18.5 Å². The van der Waals surface area contributed by atoms with Gasteiger partial charge in [-0.3, -0.25) is 0 Å². The van der Waals surface area contributed by atoms with Gasteiger partial charge in [-0.15, -0.1) is 0 Å². The summed E-state index contributed by atoms with van der Waals surface area (Å²) in [5.41, 5.74) is 0. The highest BCUT2D eigenvalue weighted by Crippen LogP contribution is 2.34. The van der Waals surface area contributed by atoms with E-state index in [-0.39, 0.29) is 5.04 Å². The number of hydrogen-bond donors (Lipinski definition) is 0. The molecule has 0 heterocycles. The van der Waals surface area contributed by atoms with Crippen LogP contribution >= 0.6 is 0 Å². The molecule has 0 unspecified atom stereocenters. The van der Waals surface area contributed by atoms with Gasteiger partial charge in [0.15, 0.2) is 0 Å². The molecule has 0 atom stereocenters. The second-order valence-corrected chi connectivity index (χ2v) is 6.43. The van der Waals surface area contributed by atoms with Crippen molar-refractivity contribution >= 4 is 9.28 Å². The van der Waals surface area contributed by atoms with Crippen molar-refractivity contribution in [3.8, 4) is 0 Å². The van der Waals surface area contributed by atoms with Crippen LogP contribution in [0, 0.1) is 0 Å². The molecule has 0 fully saturated rings. The first-order valence-electron chi connectivity index (χ1n) is 4.54. The van der Waals surface area contributed by atoms with E-state index in [2.05, 4.69) is 20.8 Å². The predicted molar refractivity (Wildman–Crippen MR) is 53.3 cm³/mol. The minimum absolute atomic E-state index is 0.226. The van der Waals surface area contributed by atoms with Crippen molar-refractivity contribution in [3.05, 3.63) is 0 Å². The third kappa shape index (κ3) is 3.69. The molecular weight excluding hydrogens is 168 g/mol. The van der Waals surface area contributed by atoms with Crippen LogP contribution in [0.1, 0.15) is 40.0 Å². The van der Waals surface area contributed by atoms with E-state index >= 15 is 0 Å². The maximum absolute atomic E-state index is 5.34. The first kappa shape index (κ1) is 12.1. The van der Waals surface area contributed by atoms with Gasteiger partial charge in [0.2, 0.25) is 0 Å². The monoisotopic (exact) mass is 189 g/mol. The van der Waals surface area contributed by atoms with E-state index < -0.39 is 9.28 Å². The summed E-state index contributed by atoms with van der Waals surface area (Å²) in [5, 5.41) is 0.226. The molecule has 0 saturated carbocycles. The van der Waals surface area contributed by atoms with Gasteiger partial charge in [-0.25, -0.2) is 0 Å². The molecule has 0 bridgehead atoms. The highest BCUT2D eigenvalue weighted by molar-refractivity contribution is 6.48. The molecule has 0 aromatic rings. The summed E-state index contributed by atoms with van der Waals surface area (Å²) >= 11 is 0. The summed E-state index contributed by atoms with van der Waals surface area (Å²) in [6.07, 6.45) is 3.69. The SMILES string of the molecule is CCCCC(C)(C)[Si](OC)OC. The fraction of sp³-hybridized carbons (Fsp3) is 1.00. The van der Waals surface area contributed by atoms with Crippen LogP contribution in [0.5, 0.6) is 0 Å². The lowest BCUT2D eigenvalue weighted by atomic mass is 10.1. The van der Waals surface area contributed by atoms with Crippen molar-refractivity contribution < 1.29 is 8.85 Å². The molecule has 0 saturated heterocycles. The fourth-order valence-electron chi connectivity index (χ4n) is 1.36. The Morgan fingerprint density at radius 1 is 1.17 bits per heavy atom. The summed E-state index contributed by atoms with van der Waals surface area (Å²) in [5.74, 6) is 0. The molecule has 0 N–H and O–H groups in total. The lowest BCUT2D eigenvalue weighted by molar-refractivity contribution is 0.242. The summed E-state index contributed by atoms with van der Waals surface area (Å²) < 4.78 is 10.7. The van der Waals surface area contributed by atoms with E-state index in [1.165, 1.54) is 19.3 Å². The molecule has 0 aromatic carbocycles. The van der Waals surface area contributed by atoms with Crippen molar-refractivity contribution in [2.45, 2.75) is 45.1 Å². The summed E-state index contributed by atoms with van der Waals surface area (Å²) in [7, 11) is 2.41. The van der Waals surface area contributed by atoms with Crippen molar-refractivity contribution in [3.63, 3.8) is 0 Å². The molecule has 0 aromatic heterocycles. The quantitative estimate of drug-likeness (QED) is 0.598. The van der Waals surface area contributed by atoms with Gasteiger partial charge >= 0.3 is 9.28 Å². The van der Waals surface area contributed by atoms with E-state index in [1.54, 1.807) is 14.2 Å². The Bertz CT molecular complexity index is 111. The molecule has 0 aliphatic heterocycles. The Morgan fingerprint density at radius 3 is 2.00 bits per heavy atom. The molecular formula is C9H21O2Si. The Kier molecular flexibility index (Phi) is 5.79. The van der Waals surface area contributed by atoms with Crippen LogP contribution in [0.2, 0.25) is 5.04 Å². The predicted octanol–water partition coefficient (Wildman–Crippen LogP) is 2.74. The van der Waals surface area contributed by atoms with Gasteiger partial charge in [0.05, 0.1) is 0 Å². The second kappa shape index (κ2) is 5.73. The van der Waals surface area contributed by atoms with Gasteiger partial charge in [0.25, 0.3) is 0 Å². The fourth-order valence-corrected chi connectivity index (χ4v) is 3.01. The Hall–Kier alpha value is 0.137. The lowest BCUT2D eigenvalue weighted by Crippen LogP contribution is -2.32. The molecule has 3 heteroatoms. The highest BCUT2D eigenvalue weighted by Gasteiger charge is 2.33. The van der Waals surface area contributed by atoms with Gasteiger partial charge in [0.1, 0.15) is 0 Å². The Balaban J connectivity index is 3.96. The third-order valence-corrected chi connectivity index (χ3v) is 4.18. The number of rotatable bonds is 6. The van der Waals surface area contributed by atoms with E-state index in [9.17, 15) is 0 Å². The smallest absolute Gasteiger partial charge is 0.390 e. The average molecular weight is 189 g/mol. The van der Waals surface area contributed by atoms with E-state index in [0.29, 0.717) is 0 Å². The van der Waals surface area contributed by atoms with E-state index in [0.717, 1.165) is 0 Å². The van der Waals surface area contributed by atoms with Crippen LogP contribution in [-0.4, -0.2) is 23.5 Å². The van der Waals surface area contributed by atoms with Gasteiger partial charge in [-0.05, 0) is 6.42 Å². The van der Waals surface area contributed by atoms with Crippen molar-refractivity contribution in [2.75, 3.05) is 14.2 Å². The van der Waals surface area contributed by atoms with Crippen LogP contribution in [0.15, 0.2) is 0 Å². The minimum atomic E-state index is -1.07. The van der Waals surface area contributed by atoms with Crippen LogP contribution in [0.3, 0.4) is 0 Å². The number of hydrogen-bond acceptors (Lipinski definition) is 2. The Labute approximate surface area is 78.1 Å². The molecule has 73 valence electrons. The normalized spacial score (nSPS) is 12.5. The highest BCUT2D eigenvalue weighted by atomic mass is 28.3. The van der Waals surface area contributed by atoms with E-state index in [1.807, 2.05) is 0 Å². The minimum Gasteiger partial charge on any atom is -0.396 e. The lowest BCUT2D eigenvalue weighted by Gasteiger charge is -2.28. The van der Waals surface area contributed by atoms with Gasteiger partial charge in [-0.1, -0.05) is 33.6 Å². The first-order valence-corrected chi connectivity index (χ1v) is 5.85. The van der Waals surface area contributed by atoms with Crippen molar-refractivity contribution in [1.82, 2.24) is 0 Å². The largest absolute Gasteiger partial charge is 0.396 e. The Morgan fingerprint density at radius 2 is 1.67 bits per heavy atom. The number of unbranched alkanes of at least 4 members (excludes halogenated alkanes) is 1. The molecule has 0 aliphatic carbocycles. The van der Waals surface area contributed by atoms with Crippen molar-refractivity contribution in [2.24, 2.45) is 0 Å². The maximum Gasteiger partial charge on any atom is 0.390 e. The first-order chi connectivity index (χ1) is 5.58. The zero-order valence-electron chi connectivity index (χ0n) is 8.94. The molecule has 0 aliphatic rings. The summed E-state index contributed by atoms with van der Waals surface area (Å²) in [6, 6.07) is 0. The third-order valence-electron chi connectivity index (χ3n) is 2.08. The average Bonchev–Trinajstić information content (AvgIpc) is 2.03. The molecule has 0 amide bonds. The van der Waals surface area contributed by atoms with Gasteiger partial charge in [-0.2, -0.15) is 0 Å². The van der Waals surface area contributed by atoms with Gasteiger partial charge < -0.3 is 8.85 Å². The van der Waals surface area contributed by atoms with Crippen LogP contribution in [-0.2, 0) is 8.85 Å². The molecule has 1 radical (unpaired) electrons. The molecule has 0 spiro atoms. The van der Waals surface area contributed by atoms with Gasteiger partial charge in [0, 0.05) is 19.3 Å². The van der Waals surface area contributed by atoms with E-state index in [4.69, 9.17) is 8.85 Å². The van der Waals surface area contributed by atoms with Crippen LogP contribution in [0.4, 0.5) is 0 Å². The molecule has 2 nitrogen and oxygen atoms in total. The zero-order valence-corrected chi connectivity index (χ0v) is 9.94. The maximum atomic E-state index is 5.34. The molecule has 0 rings (SSSR count). The van der Waals surface area contributed by atoms with Crippen LogP contribution < -0.4 is 0 Å². The summed E-state index contributed by atoms with van der Waals surface area (Å²) in [6.45, 7) is 6.66. The summed E-state index contributed by atoms with van der Waals surface area (Å²) in [4.78, 5) is 0. The second-order valence-electron chi connectivity index (χ2n) is 3.68. The molecule has 12 heavy (non-hydrogen) atoms. The zero-order chi connectivity index (χ0) is 9.61.